The van der Waals surface area contributed by atoms with Crippen LogP contribution in [0.15, 0.2) is 65.1 Å². The molecular formula is C31H29O14+. The van der Waals surface area contributed by atoms with Crippen molar-refractivity contribution in [2.45, 2.75) is 30.7 Å². The lowest BCUT2D eigenvalue weighted by Crippen LogP contribution is -2.60. The van der Waals surface area contributed by atoms with E-state index in [9.17, 15) is 45.6 Å². The third kappa shape index (κ3) is 6.55. The Morgan fingerprint density at radius 2 is 1.62 bits per heavy atom. The number of phenolic OH excluding ortho intramolecular Hbond substituents is 4. The number of ether oxygens (including phenoxy) is 4. The lowest BCUT2D eigenvalue weighted by Gasteiger charge is -2.39. The summed E-state index contributed by atoms with van der Waals surface area (Å²) < 4.78 is 28.0. The Morgan fingerprint density at radius 3 is 2.31 bits per heavy atom. The number of carbonyl (C=O) groups is 1. The van der Waals surface area contributed by atoms with Crippen molar-refractivity contribution >= 4 is 23.0 Å². The summed E-state index contributed by atoms with van der Waals surface area (Å²) in [6.07, 6.45) is -5.66. The van der Waals surface area contributed by atoms with Crippen molar-refractivity contribution in [2.24, 2.45) is 0 Å². The van der Waals surface area contributed by atoms with E-state index >= 15 is 0 Å². The van der Waals surface area contributed by atoms with Crippen LogP contribution in [0.3, 0.4) is 0 Å². The summed E-state index contributed by atoms with van der Waals surface area (Å²) >= 11 is 0. The first-order valence-corrected chi connectivity index (χ1v) is 13.4. The van der Waals surface area contributed by atoms with Crippen molar-refractivity contribution in [2.75, 3.05) is 13.7 Å². The lowest BCUT2D eigenvalue weighted by atomic mass is 9.99. The Hall–Kier alpha value is -5.12. The molecule has 1 aliphatic heterocycles. The van der Waals surface area contributed by atoms with Crippen LogP contribution in [-0.4, -0.2) is 91.2 Å². The van der Waals surface area contributed by atoms with E-state index in [4.69, 9.17) is 23.4 Å². The minimum atomic E-state index is -1.81. The molecule has 45 heavy (non-hydrogen) atoms. The molecule has 0 bridgehead atoms. The van der Waals surface area contributed by atoms with E-state index in [2.05, 4.69) is 0 Å². The minimum absolute atomic E-state index is 0.0389. The van der Waals surface area contributed by atoms with Crippen LogP contribution in [0.5, 0.6) is 40.2 Å². The summed E-state index contributed by atoms with van der Waals surface area (Å²) in [7, 11) is 1.25. The molecule has 1 aliphatic rings. The summed E-state index contributed by atoms with van der Waals surface area (Å²) in [5.74, 6) is -3.01. The van der Waals surface area contributed by atoms with E-state index in [-0.39, 0.29) is 51.0 Å². The second kappa shape index (κ2) is 12.9. The molecule has 0 amide bonds. The summed E-state index contributed by atoms with van der Waals surface area (Å²) in [6, 6.07) is 12.1. The zero-order chi connectivity index (χ0) is 32.4. The van der Waals surface area contributed by atoms with Gasteiger partial charge in [0.05, 0.1) is 25.3 Å². The van der Waals surface area contributed by atoms with Gasteiger partial charge in [-0.2, -0.15) is 0 Å². The normalized spacial score (nSPS) is 21.6. The lowest BCUT2D eigenvalue weighted by molar-refractivity contribution is -0.277. The fourth-order valence-electron chi connectivity index (χ4n) is 4.61. The summed E-state index contributed by atoms with van der Waals surface area (Å²) in [4.78, 5) is 12.7. The largest absolute Gasteiger partial charge is 0.508 e. The average molecular weight is 626 g/mol. The molecular weight excluding hydrogens is 596 g/mol. The third-order valence-corrected chi connectivity index (χ3v) is 6.94. The molecule has 2 heterocycles. The molecule has 8 N–H and O–H groups in total. The maximum atomic E-state index is 12.7. The molecule has 14 heteroatoms. The standard InChI is InChI=1S/C31H28O14/c1-41-22-9-15(8-19(35)26(22)37)30-23(44-31-29(40)28(39)27(38)24(13-32)45-31)12-18-20(10-17(34)11-21(18)43-30)42-25(36)7-4-14-2-5-16(33)6-3-14/h2-12,24,27-29,31-32,38-40H,13H2,1H3,(H3-,33,34,35,36,37)/p+1/t24-,27-,28+,29-,31-/m1/s1. The third-order valence-electron chi connectivity index (χ3n) is 6.94. The highest BCUT2D eigenvalue weighted by molar-refractivity contribution is 5.94. The fourth-order valence-corrected chi connectivity index (χ4v) is 4.61. The molecule has 0 unspecified atom stereocenters. The van der Waals surface area contributed by atoms with Crippen LogP contribution < -0.4 is 14.2 Å². The summed E-state index contributed by atoms with van der Waals surface area (Å²) in [5.41, 5.74) is 0.623. The first-order chi connectivity index (χ1) is 21.5. The number of esters is 1. The van der Waals surface area contributed by atoms with Crippen LogP contribution in [0.25, 0.3) is 28.4 Å². The quantitative estimate of drug-likeness (QED) is 0.0461. The number of benzene rings is 3. The van der Waals surface area contributed by atoms with Gasteiger partial charge >= 0.3 is 17.3 Å². The average Bonchev–Trinajstić information content (AvgIpc) is 3.02. The number of carbonyl (C=O) groups excluding carboxylic acids is 1. The maximum Gasteiger partial charge on any atom is 0.402 e. The molecule has 0 spiro atoms. The predicted octanol–water partition coefficient (Wildman–Crippen LogP) is 2.01. The van der Waals surface area contributed by atoms with E-state index in [1.807, 2.05) is 0 Å². The van der Waals surface area contributed by atoms with Gasteiger partial charge in [0.2, 0.25) is 17.8 Å². The van der Waals surface area contributed by atoms with Crippen molar-refractivity contribution in [3.8, 4) is 51.6 Å². The SMILES string of the molecule is COc1cc(-c2[o+]c3cc(O)cc(OC(=O)C=Cc4ccc(O)cc4)c3cc2O[C@@H]2O[C@H](CO)[C@@H](O)[C@H](O)[C@H]2O)cc(O)c1O. The maximum absolute atomic E-state index is 12.7. The van der Waals surface area contributed by atoms with Crippen molar-refractivity contribution < 1.29 is 69.0 Å². The molecule has 5 rings (SSSR count). The summed E-state index contributed by atoms with van der Waals surface area (Å²) in [5, 5.41) is 81.1. The number of hydrogen-bond acceptors (Lipinski definition) is 13. The first kappa shape index (κ1) is 31.3. The van der Waals surface area contributed by atoms with Crippen LogP contribution in [0.2, 0.25) is 0 Å². The Kier molecular flexibility index (Phi) is 8.94. The van der Waals surface area contributed by atoms with Gasteiger partial charge in [-0.25, -0.2) is 9.21 Å². The predicted molar refractivity (Wildman–Crippen MR) is 155 cm³/mol. The van der Waals surface area contributed by atoms with E-state index in [1.165, 1.54) is 43.5 Å². The van der Waals surface area contributed by atoms with Crippen LogP contribution in [0.4, 0.5) is 0 Å². The van der Waals surface area contributed by atoms with Crippen LogP contribution in [0.1, 0.15) is 5.56 Å². The zero-order valence-corrected chi connectivity index (χ0v) is 23.5. The molecule has 5 atom stereocenters. The van der Waals surface area contributed by atoms with Gasteiger partial charge in [0.15, 0.2) is 17.2 Å². The van der Waals surface area contributed by atoms with E-state index in [0.717, 1.165) is 18.2 Å². The van der Waals surface area contributed by atoms with Gasteiger partial charge in [-0.15, -0.1) is 0 Å². The van der Waals surface area contributed by atoms with Crippen molar-refractivity contribution in [1.29, 1.82) is 0 Å². The Balaban J connectivity index is 1.60. The van der Waals surface area contributed by atoms with Gasteiger partial charge in [0.1, 0.15) is 41.3 Å². The molecule has 0 radical (unpaired) electrons. The highest BCUT2D eigenvalue weighted by Gasteiger charge is 2.45. The van der Waals surface area contributed by atoms with Crippen molar-refractivity contribution in [1.82, 2.24) is 0 Å². The Bertz CT molecular complexity index is 1730. The van der Waals surface area contributed by atoms with Crippen molar-refractivity contribution in [3.05, 3.63) is 66.2 Å². The second-order valence-corrected chi connectivity index (χ2v) is 10.0. The summed E-state index contributed by atoms with van der Waals surface area (Å²) in [6.45, 7) is -0.722. The van der Waals surface area contributed by atoms with Gasteiger partial charge in [-0.3, -0.25) is 0 Å². The van der Waals surface area contributed by atoms with Gasteiger partial charge in [0.25, 0.3) is 0 Å². The molecule has 14 nitrogen and oxygen atoms in total. The van der Waals surface area contributed by atoms with E-state index in [1.54, 1.807) is 12.1 Å². The van der Waals surface area contributed by atoms with Gasteiger partial charge in [-0.05, 0) is 23.8 Å². The number of phenols is 4. The van der Waals surface area contributed by atoms with Crippen LogP contribution in [0, 0.1) is 0 Å². The number of rotatable bonds is 8. The zero-order valence-electron chi connectivity index (χ0n) is 23.5. The highest BCUT2D eigenvalue weighted by Crippen LogP contribution is 2.45. The fraction of sp³-hybridized carbons (Fsp3) is 0.226. The molecule has 1 saturated heterocycles. The molecule has 236 valence electrons. The van der Waals surface area contributed by atoms with E-state index < -0.39 is 54.8 Å². The number of aliphatic hydroxyl groups is 4. The molecule has 1 aromatic heterocycles. The van der Waals surface area contributed by atoms with Gasteiger partial charge in [0, 0.05) is 30.3 Å². The number of methoxy groups -OCH3 is 1. The smallest absolute Gasteiger partial charge is 0.402 e. The topological polar surface area (TPSA) is 227 Å². The molecule has 3 aromatic carbocycles. The minimum Gasteiger partial charge on any atom is -0.508 e. The second-order valence-electron chi connectivity index (χ2n) is 10.0. The molecule has 0 saturated carbocycles. The van der Waals surface area contributed by atoms with Crippen molar-refractivity contribution in [3.63, 3.8) is 0 Å². The van der Waals surface area contributed by atoms with E-state index in [0.29, 0.717) is 5.56 Å². The highest BCUT2D eigenvalue weighted by atomic mass is 16.7. The van der Waals surface area contributed by atoms with Crippen LogP contribution in [-0.2, 0) is 9.53 Å². The Labute approximate surface area is 254 Å². The van der Waals surface area contributed by atoms with Crippen LogP contribution >= 0.6 is 0 Å². The molecule has 1 fully saturated rings. The number of hydrogen-bond donors (Lipinski definition) is 8. The Morgan fingerprint density at radius 1 is 0.889 bits per heavy atom. The molecule has 0 aliphatic carbocycles. The molecule has 4 aromatic rings. The van der Waals surface area contributed by atoms with Gasteiger partial charge in [-0.1, -0.05) is 12.1 Å². The monoisotopic (exact) mass is 625 g/mol. The number of fused-ring (bicyclic) bond motifs is 1. The van der Waals surface area contributed by atoms with Gasteiger partial charge < -0.3 is 59.8 Å². The first-order valence-electron chi connectivity index (χ1n) is 13.4. The number of aromatic hydroxyl groups is 4. The number of aliphatic hydroxyl groups excluding tert-OH is 4.